The van der Waals surface area contributed by atoms with Gasteiger partial charge >= 0.3 is 0 Å². The third kappa shape index (κ3) is 5.39. The largest absolute Gasteiger partial charge is 0.355 e. The average molecular weight is 286 g/mol. The third-order valence-electron chi connectivity index (χ3n) is 3.35. The van der Waals surface area contributed by atoms with Crippen LogP contribution in [0, 0.1) is 0 Å². The SMILES string of the molecule is N[C@@H](CCc1ccccc1)C(=O)NCCCn1cccn1. The average Bonchev–Trinajstić information content (AvgIpc) is 3.03. The second-order valence-electron chi connectivity index (χ2n) is 5.04. The molecule has 1 amide bonds. The van der Waals surface area contributed by atoms with Crippen molar-refractivity contribution in [3.63, 3.8) is 0 Å². The molecule has 0 aliphatic rings. The van der Waals surface area contributed by atoms with Gasteiger partial charge in [-0.1, -0.05) is 30.3 Å². The maximum absolute atomic E-state index is 11.9. The van der Waals surface area contributed by atoms with Crippen LogP contribution < -0.4 is 11.1 Å². The molecule has 5 nitrogen and oxygen atoms in total. The van der Waals surface area contributed by atoms with Crippen LogP contribution in [0.25, 0.3) is 0 Å². The Morgan fingerprint density at radius 1 is 1.29 bits per heavy atom. The number of hydrogen-bond donors (Lipinski definition) is 2. The molecule has 0 fully saturated rings. The van der Waals surface area contributed by atoms with Gasteiger partial charge in [0.1, 0.15) is 0 Å². The minimum Gasteiger partial charge on any atom is -0.355 e. The molecule has 0 radical (unpaired) electrons. The fourth-order valence-corrected chi connectivity index (χ4v) is 2.11. The number of benzene rings is 1. The van der Waals surface area contributed by atoms with Crippen LogP contribution in [0.15, 0.2) is 48.8 Å². The van der Waals surface area contributed by atoms with E-state index in [1.165, 1.54) is 5.56 Å². The summed E-state index contributed by atoms with van der Waals surface area (Å²) in [6.45, 7) is 1.42. The van der Waals surface area contributed by atoms with E-state index >= 15 is 0 Å². The van der Waals surface area contributed by atoms with Crippen molar-refractivity contribution in [2.24, 2.45) is 5.73 Å². The zero-order valence-electron chi connectivity index (χ0n) is 12.1. The summed E-state index contributed by atoms with van der Waals surface area (Å²) in [5, 5.41) is 6.99. The van der Waals surface area contributed by atoms with Crippen LogP contribution in [0.5, 0.6) is 0 Å². The third-order valence-corrected chi connectivity index (χ3v) is 3.35. The first kappa shape index (κ1) is 15.3. The lowest BCUT2D eigenvalue weighted by atomic mass is 10.1. The van der Waals surface area contributed by atoms with Gasteiger partial charge in [0, 0.05) is 25.5 Å². The number of nitrogens with one attached hydrogen (secondary N) is 1. The molecule has 5 heteroatoms. The fraction of sp³-hybridized carbons (Fsp3) is 0.375. The Labute approximate surface area is 125 Å². The second kappa shape index (κ2) is 8.21. The van der Waals surface area contributed by atoms with Crippen molar-refractivity contribution < 1.29 is 4.79 Å². The van der Waals surface area contributed by atoms with Gasteiger partial charge in [-0.2, -0.15) is 5.10 Å². The number of nitrogens with zero attached hydrogens (tertiary/aromatic N) is 2. The molecule has 1 atom stereocenters. The molecule has 0 saturated carbocycles. The van der Waals surface area contributed by atoms with E-state index in [0.717, 1.165) is 19.4 Å². The van der Waals surface area contributed by atoms with Gasteiger partial charge in [-0.3, -0.25) is 9.48 Å². The summed E-state index contributed by atoms with van der Waals surface area (Å²) in [4.78, 5) is 11.9. The van der Waals surface area contributed by atoms with Crippen molar-refractivity contribution in [1.29, 1.82) is 0 Å². The van der Waals surface area contributed by atoms with E-state index in [0.29, 0.717) is 13.0 Å². The summed E-state index contributed by atoms with van der Waals surface area (Å²) in [5.41, 5.74) is 7.12. The van der Waals surface area contributed by atoms with Crippen molar-refractivity contribution in [1.82, 2.24) is 15.1 Å². The Morgan fingerprint density at radius 2 is 2.10 bits per heavy atom. The van der Waals surface area contributed by atoms with Crippen LogP contribution in [0.4, 0.5) is 0 Å². The predicted octanol–water partition coefficient (Wildman–Crippen LogP) is 1.35. The highest BCUT2D eigenvalue weighted by Crippen LogP contribution is 2.04. The number of nitrogens with two attached hydrogens (primary N) is 1. The van der Waals surface area contributed by atoms with Crippen molar-refractivity contribution in [2.75, 3.05) is 6.54 Å². The molecule has 0 spiro atoms. The standard InChI is InChI=1S/C16H22N4O/c17-15(9-8-14-6-2-1-3-7-14)16(21)18-10-4-12-20-13-5-11-19-20/h1-3,5-7,11,13,15H,4,8-10,12,17H2,(H,18,21)/t15-/m0/s1. The van der Waals surface area contributed by atoms with Crippen LogP contribution in [-0.4, -0.2) is 28.3 Å². The minimum absolute atomic E-state index is 0.0774. The molecule has 21 heavy (non-hydrogen) atoms. The molecule has 0 bridgehead atoms. The van der Waals surface area contributed by atoms with E-state index in [1.54, 1.807) is 6.20 Å². The topological polar surface area (TPSA) is 72.9 Å². The van der Waals surface area contributed by atoms with Crippen LogP contribution >= 0.6 is 0 Å². The zero-order valence-corrected chi connectivity index (χ0v) is 12.1. The quantitative estimate of drug-likeness (QED) is 0.719. The number of hydrogen-bond acceptors (Lipinski definition) is 3. The maximum Gasteiger partial charge on any atom is 0.236 e. The Balaban J connectivity index is 1.61. The number of carbonyl (C=O) groups excluding carboxylic acids is 1. The molecule has 0 aliphatic carbocycles. The lowest BCUT2D eigenvalue weighted by Crippen LogP contribution is -2.41. The first-order valence-electron chi connectivity index (χ1n) is 7.30. The molecule has 2 aromatic rings. The van der Waals surface area contributed by atoms with Crippen LogP contribution in [0.1, 0.15) is 18.4 Å². The number of aromatic nitrogens is 2. The van der Waals surface area contributed by atoms with Gasteiger partial charge in [0.25, 0.3) is 0 Å². The summed E-state index contributed by atoms with van der Waals surface area (Å²) in [6, 6.07) is 11.5. The van der Waals surface area contributed by atoms with Crippen LogP contribution in [0.2, 0.25) is 0 Å². The smallest absolute Gasteiger partial charge is 0.236 e. The minimum atomic E-state index is -0.449. The summed E-state index contributed by atoms with van der Waals surface area (Å²) in [6.07, 6.45) is 5.99. The van der Waals surface area contributed by atoms with E-state index in [-0.39, 0.29) is 5.91 Å². The maximum atomic E-state index is 11.9. The van der Waals surface area contributed by atoms with Crippen molar-refractivity contribution in [2.45, 2.75) is 31.8 Å². The highest BCUT2D eigenvalue weighted by atomic mass is 16.2. The van der Waals surface area contributed by atoms with Crippen molar-refractivity contribution >= 4 is 5.91 Å². The van der Waals surface area contributed by atoms with E-state index in [1.807, 2.05) is 35.1 Å². The van der Waals surface area contributed by atoms with Gasteiger partial charge in [-0.05, 0) is 30.9 Å². The summed E-state index contributed by atoms with van der Waals surface area (Å²) in [7, 11) is 0. The Bertz CT molecular complexity index is 524. The van der Waals surface area contributed by atoms with Crippen LogP contribution in [0.3, 0.4) is 0 Å². The summed E-state index contributed by atoms with van der Waals surface area (Å²) < 4.78 is 1.85. The van der Waals surface area contributed by atoms with Gasteiger partial charge in [0.15, 0.2) is 0 Å². The monoisotopic (exact) mass is 286 g/mol. The van der Waals surface area contributed by atoms with Gasteiger partial charge in [0.05, 0.1) is 6.04 Å². The first-order valence-corrected chi connectivity index (χ1v) is 7.30. The van der Waals surface area contributed by atoms with Crippen molar-refractivity contribution in [3.05, 3.63) is 54.4 Å². The highest BCUT2D eigenvalue weighted by Gasteiger charge is 2.12. The second-order valence-corrected chi connectivity index (χ2v) is 5.04. The number of amides is 1. The Hall–Kier alpha value is -2.14. The normalized spacial score (nSPS) is 12.0. The number of aryl methyl sites for hydroxylation is 2. The predicted molar refractivity (Wildman–Crippen MR) is 82.6 cm³/mol. The zero-order chi connectivity index (χ0) is 14.9. The lowest BCUT2D eigenvalue weighted by molar-refractivity contribution is -0.122. The molecule has 2 rings (SSSR count). The Kier molecular flexibility index (Phi) is 5.97. The number of rotatable bonds is 8. The molecular formula is C16H22N4O. The molecule has 112 valence electrons. The van der Waals surface area contributed by atoms with Gasteiger partial charge in [-0.15, -0.1) is 0 Å². The molecule has 0 unspecified atom stereocenters. The molecule has 0 saturated heterocycles. The van der Waals surface area contributed by atoms with E-state index in [9.17, 15) is 4.79 Å². The molecule has 1 aromatic carbocycles. The van der Waals surface area contributed by atoms with Gasteiger partial charge in [-0.25, -0.2) is 0 Å². The first-order chi connectivity index (χ1) is 10.3. The molecule has 3 N–H and O–H groups in total. The molecular weight excluding hydrogens is 264 g/mol. The van der Waals surface area contributed by atoms with Crippen LogP contribution in [-0.2, 0) is 17.8 Å². The van der Waals surface area contributed by atoms with Gasteiger partial charge < -0.3 is 11.1 Å². The van der Waals surface area contributed by atoms with E-state index in [2.05, 4.69) is 22.5 Å². The number of carbonyl (C=O) groups is 1. The molecule has 0 aliphatic heterocycles. The molecule has 1 aromatic heterocycles. The van der Waals surface area contributed by atoms with Crippen molar-refractivity contribution in [3.8, 4) is 0 Å². The summed E-state index contributed by atoms with van der Waals surface area (Å²) in [5.74, 6) is -0.0774. The fourth-order valence-electron chi connectivity index (χ4n) is 2.11. The van der Waals surface area contributed by atoms with E-state index in [4.69, 9.17) is 5.73 Å². The summed E-state index contributed by atoms with van der Waals surface area (Å²) >= 11 is 0. The Morgan fingerprint density at radius 3 is 2.81 bits per heavy atom. The lowest BCUT2D eigenvalue weighted by Gasteiger charge is -2.12. The van der Waals surface area contributed by atoms with E-state index < -0.39 is 6.04 Å². The molecule has 1 heterocycles. The van der Waals surface area contributed by atoms with Gasteiger partial charge in [0.2, 0.25) is 5.91 Å². The highest BCUT2D eigenvalue weighted by molar-refractivity contribution is 5.81.